The Bertz CT molecular complexity index is 516. The van der Waals surface area contributed by atoms with Gasteiger partial charge in [-0.15, -0.1) is 11.3 Å². The van der Waals surface area contributed by atoms with Crippen LogP contribution in [0.3, 0.4) is 0 Å². The van der Waals surface area contributed by atoms with E-state index in [1.165, 1.54) is 15.8 Å². The molecule has 0 aliphatic carbocycles. The minimum absolute atomic E-state index is 0.879. The van der Waals surface area contributed by atoms with Crippen LogP contribution in [0.4, 0.5) is 5.82 Å². The summed E-state index contributed by atoms with van der Waals surface area (Å²) in [6.45, 7) is 9.36. The summed E-state index contributed by atoms with van der Waals surface area (Å²) in [4.78, 5) is 11.6. The Labute approximate surface area is 99.9 Å². The van der Waals surface area contributed by atoms with Gasteiger partial charge in [0.2, 0.25) is 0 Å². The molecule has 86 valence electrons. The molecule has 2 rings (SSSR count). The maximum Gasteiger partial charge on any atom is 0.138 e. The molecule has 0 aliphatic rings. The normalized spacial score (nSPS) is 11.0. The third-order valence-electron chi connectivity index (χ3n) is 2.74. The molecule has 0 saturated heterocycles. The van der Waals surface area contributed by atoms with Crippen LogP contribution in [0.25, 0.3) is 10.2 Å². The van der Waals surface area contributed by atoms with Gasteiger partial charge in [0.05, 0.1) is 5.39 Å². The molecule has 0 fully saturated rings. The van der Waals surface area contributed by atoms with Crippen molar-refractivity contribution in [2.45, 2.75) is 34.1 Å². The number of nitrogens with zero attached hydrogens (tertiary/aromatic N) is 2. The van der Waals surface area contributed by atoms with Crippen molar-refractivity contribution in [2.24, 2.45) is 0 Å². The van der Waals surface area contributed by atoms with Crippen molar-refractivity contribution in [3.63, 3.8) is 0 Å². The van der Waals surface area contributed by atoms with Crippen LogP contribution in [0.2, 0.25) is 0 Å². The Kier molecular flexibility index (Phi) is 3.10. The molecular weight excluding hydrogens is 218 g/mol. The lowest BCUT2D eigenvalue weighted by Crippen LogP contribution is -2.03. The molecule has 0 saturated carbocycles. The van der Waals surface area contributed by atoms with Gasteiger partial charge in [-0.2, -0.15) is 0 Å². The fourth-order valence-electron chi connectivity index (χ4n) is 1.75. The second kappa shape index (κ2) is 4.37. The minimum atomic E-state index is 0.879. The highest BCUT2D eigenvalue weighted by Gasteiger charge is 2.13. The van der Waals surface area contributed by atoms with Gasteiger partial charge in [-0.05, 0) is 26.3 Å². The zero-order valence-electron chi connectivity index (χ0n) is 10.2. The molecule has 0 spiro atoms. The van der Waals surface area contributed by atoms with E-state index in [0.29, 0.717) is 0 Å². The summed E-state index contributed by atoms with van der Waals surface area (Å²) >= 11 is 1.76. The zero-order valence-corrected chi connectivity index (χ0v) is 11.0. The molecular formula is C12H17N3S. The summed E-state index contributed by atoms with van der Waals surface area (Å²) < 4.78 is 0. The van der Waals surface area contributed by atoms with Gasteiger partial charge in [0.15, 0.2) is 0 Å². The number of hydrogen-bond donors (Lipinski definition) is 1. The number of fused-ring (bicyclic) bond motifs is 1. The lowest BCUT2D eigenvalue weighted by Gasteiger charge is -2.06. The highest BCUT2D eigenvalue weighted by Crippen LogP contribution is 2.33. The first-order valence-electron chi connectivity index (χ1n) is 5.67. The van der Waals surface area contributed by atoms with Crippen LogP contribution in [0.5, 0.6) is 0 Å². The van der Waals surface area contributed by atoms with Crippen molar-refractivity contribution < 1.29 is 0 Å². The first-order valence-corrected chi connectivity index (χ1v) is 6.49. The van der Waals surface area contributed by atoms with Crippen LogP contribution in [0, 0.1) is 13.8 Å². The smallest absolute Gasteiger partial charge is 0.138 e. The van der Waals surface area contributed by atoms with Crippen LogP contribution in [-0.2, 0) is 6.42 Å². The molecule has 0 aliphatic heterocycles. The zero-order chi connectivity index (χ0) is 11.7. The quantitative estimate of drug-likeness (QED) is 0.887. The predicted molar refractivity (Wildman–Crippen MR) is 70.4 cm³/mol. The van der Waals surface area contributed by atoms with E-state index in [-0.39, 0.29) is 0 Å². The molecule has 0 aromatic carbocycles. The molecule has 1 N–H and O–H groups in total. The summed E-state index contributed by atoms with van der Waals surface area (Å²) in [5.74, 6) is 1.91. The van der Waals surface area contributed by atoms with Gasteiger partial charge in [-0.3, -0.25) is 0 Å². The van der Waals surface area contributed by atoms with Crippen molar-refractivity contribution in [3.8, 4) is 0 Å². The molecule has 0 atom stereocenters. The van der Waals surface area contributed by atoms with Gasteiger partial charge in [0, 0.05) is 17.8 Å². The van der Waals surface area contributed by atoms with E-state index in [4.69, 9.17) is 0 Å². The van der Waals surface area contributed by atoms with Crippen molar-refractivity contribution in [3.05, 3.63) is 16.3 Å². The van der Waals surface area contributed by atoms with Gasteiger partial charge in [-0.1, -0.05) is 6.92 Å². The standard InChI is InChI=1S/C12H17N3S/c1-5-9-14-11(13-6-2)10-7(3)8(4)16-12(10)15-9/h5-6H2,1-4H3,(H,13,14,15). The van der Waals surface area contributed by atoms with Gasteiger partial charge >= 0.3 is 0 Å². The largest absolute Gasteiger partial charge is 0.370 e. The van der Waals surface area contributed by atoms with E-state index in [0.717, 1.165) is 29.4 Å². The number of hydrogen-bond acceptors (Lipinski definition) is 4. The molecule has 0 bridgehead atoms. The maximum atomic E-state index is 4.59. The molecule has 2 aromatic heterocycles. The summed E-state index contributed by atoms with van der Waals surface area (Å²) in [5.41, 5.74) is 1.30. The fourth-order valence-corrected chi connectivity index (χ4v) is 2.80. The Morgan fingerprint density at radius 2 is 1.94 bits per heavy atom. The summed E-state index contributed by atoms with van der Waals surface area (Å²) in [7, 11) is 0. The van der Waals surface area contributed by atoms with Crippen LogP contribution < -0.4 is 5.32 Å². The second-order valence-corrected chi connectivity index (χ2v) is 5.04. The van der Waals surface area contributed by atoms with E-state index in [9.17, 15) is 0 Å². The second-order valence-electron chi connectivity index (χ2n) is 3.84. The summed E-state index contributed by atoms with van der Waals surface area (Å²) in [6.07, 6.45) is 0.879. The van der Waals surface area contributed by atoms with Gasteiger partial charge in [-0.25, -0.2) is 9.97 Å². The highest BCUT2D eigenvalue weighted by molar-refractivity contribution is 7.18. The lowest BCUT2D eigenvalue weighted by atomic mass is 10.2. The van der Waals surface area contributed by atoms with E-state index < -0.39 is 0 Å². The molecule has 2 heterocycles. The Morgan fingerprint density at radius 1 is 1.19 bits per heavy atom. The predicted octanol–water partition coefficient (Wildman–Crippen LogP) is 3.30. The number of aromatic nitrogens is 2. The topological polar surface area (TPSA) is 37.8 Å². The Hall–Kier alpha value is -1.16. The van der Waals surface area contributed by atoms with E-state index in [1.54, 1.807) is 11.3 Å². The van der Waals surface area contributed by atoms with Crippen molar-refractivity contribution in [1.29, 1.82) is 0 Å². The van der Waals surface area contributed by atoms with Crippen molar-refractivity contribution >= 4 is 27.4 Å². The molecule has 0 unspecified atom stereocenters. The molecule has 16 heavy (non-hydrogen) atoms. The average Bonchev–Trinajstić information content (AvgIpc) is 2.55. The number of nitrogens with one attached hydrogen (secondary N) is 1. The fraction of sp³-hybridized carbons (Fsp3) is 0.500. The number of rotatable bonds is 3. The van der Waals surface area contributed by atoms with Crippen LogP contribution >= 0.6 is 11.3 Å². The first-order chi connectivity index (χ1) is 7.67. The minimum Gasteiger partial charge on any atom is -0.370 e. The lowest BCUT2D eigenvalue weighted by molar-refractivity contribution is 0.960. The van der Waals surface area contributed by atoms with Crippen molar-refractivity contribution in [1.82, 2.24) is 9.97 Å². The average molecular weight is 235 g/mol. The number of thiophene rings is 1. The summed E-state index contributed by atoms with van der Waals surface area (Å²) in [6, 6.07) is 0. The highest BCUT2D eigenvalue weighted by atomic mass is 32.1. The van der Waals surface area contributed by atoms with E-state index in [1.807, 2.05) is 0 Å². The van der Waals surface area contributed by atoms with Crippen LogP contribution in [0.15, 0.2) is 0 Å². The first kappa shape index (κ1) is 11.3. The number of anilines is 1. The van der Waals surface area contributed by atoms with Gasteiger partial charge in [0.1, 0.15) is 16.5 Å². The van der Waals surface area contributed by atoms with E-state index >= 15 is 0 Å². The van der Waals surface area contributed by atoms with Crippen LogP contribution in [0.1, 0.15) is 30.1 Å². The van der Waals surface area contributed by atoms with E-state index in [2.05, 4.69) is 43.0 Å². The number of aryl methyl sites for hydroxylation is 3. The third-order valence-corrected chi connectivity index (χ3v) is 3.84. The van der Waals surface area contributed by atoms with Crippen LogP contribution in [-0.4, -0.2) is 16.5 Å². The summed E-state index contributed by atoms with van der Waals surface area (Å²) in [5, 5.41) is 4.53. The molecule has 3 nitrogen and oxygen atoms in total. The SMILES string of the molecule is CCNc1nc(CC)nc2sc(C)c(C)c12. The van der Waals surface area contributed by atoms with Gasteiger partial charge < -0.3 is 5.32 Å². The Balaban J connectivity index is 2.72. The van der Waals surface area contributed by atoms with Gasteiger partial charge in [0.25, 0.3) is 0 Å². The molecule has 0 amide bonds. The Morgan fingerprint density at radius 3 is 2.56 bits per heavy atom. The maximum absolute atomic E-state index is 4.59. The molecule has 0 radical (unpaired) electrons. The molecule has 2 aromatic rings. The third kappa shape index (κ3) is 1.78. The van der Waals surface area contributed by atoms with Crippen molar-refractivity contribution in [2.75, 3.05) is 11.9 Å². The molecule has 4 heteroatoms. The monoisotopic (exact) mass is 235 g/mol.